The van der Waals surface area contributed by atoms with E-state index in [-0.39, 0.29) is 0 Å². The van der Waals surface area contributed by atoms with E-state index in [4.69, 9.17) is 4.98 Å². The van der Waals surface area contributed by atoms with Crippen molar-refractivity contribution in [2.24, 2.45) is 0 Å². The van der Waals surface area contributed by atoms with Crippen molar-refractivity contribution in [1.82, 2.24) is 29.1 Å². The third-order valence-corrected chi connectivity index (χ3v) is 6.32. The first-order valence-corrected chi connectivity index (χ1v) is 11.4. The van der Waals surface area contributed by atoms with Crippen LogP contribution in [-0.2, 0) is 6.18 Å². The summed E-state index contributed by atoms with van der Waals surface area (Å²) in [6.45, 7) is 0. The van der Waals surface area contributed by atoms with Gasteiger partial charge in [0.15, 0.2) is 0 Å². The molecule has 5 heterocycles. The average molecular weight is 488 g/mol. The van der Waals surface area contributed by atoms with Crippen LogP contribution in [0.15, 0.2) is 91.0 Å². The molecule has 1 aromatic carbocycles. The Morgan fingerprint density at radius 1 is 0.800 bits per heavy atom. The predicted molar refractivity (Wildman–Crippen MR) is 128 cm³/mol. The van der Waals surface area contributed by atoms with Gasteiger partial charge in [-0.05, 0) is 54.6 Å². The Bertz CT molecular complexity index is 1620. The summed E-state index contributed by atoms with van der Waals surface area (Å²) in [5.41, 5.74) is 2.72. The van der Waals surface area contributed by atoms with E-state index in [0.717, 1.165) is 28.4 Å². The second-order valence-corrected chi connectivity index (χ2v) is 8.60. The molecule has 0 aliphatic carbocycles. The van der Waals surface area contributed by atoms with E-state index < -0.39 is 11.9 Å². The molecule has 0 spiro atoms. The van der Waals surface area contributed by atoms with E-state index in [9.17, 15) is 13.2 Å². The normalized spacial score (nSPS) is 11.9. The van der Waals surface area contributed by atoms with Crippen molar-refractivity contribution in [3.63, 3.8) is 0 Å². The van der Waals surface area contributed by atoms with Gasteiger partial charge >= 0.3 is 6.18 Å². The largest absolute Gasteiger partial charge is 0.433 e. The number of halogens is 3. The Hall–Kier alpha value is -4.31. The third kappa shape index (κ3) is 3.87. The number of nitrogens with zero attached hydrogens (tertiary/aromatic N) is 6. The first-order valence-electron chi connectivity index (χ1n) is 10.5. The number of imidazole rings is 1. The van der Waals surface area contributed by atoms with Gasteiger partial charge in [0.2, 0.25) is 0 Å². The SMILES string of the molecule is FC(F)(F)c1ccc(-n2cc(-c3nccs3)nc2-c2ccc(-n3ccc4cccnc43)cc2)cn1. The van der Waals surface area contributed by atoms with E-state index in [1.807, 2.05) is 58.6 Å². The standard InChI is InChI=1S/C25H15F3N6S/c26-25(27,28)21-8-7-19(14-31-21)34-15-20(24-30-11-13-35-24)32-23(34)17-3-5-18(6-4-17)33-12-9-16-2-1-10-29-22(16)33/h1-15H. The van der Waals surface area contributed by atoms with Crippen LogP contribution in [0.2, 0.25) is 0 Å². The molecule has 6 aromatic rings. The van der Waals surface area contributed by atoms with E-state index in [0.29, 0.717) is 22.2 Å². The fraction of sp³-hybridized carbons (Fsp3) is 0.0400. The molecule has 0 saturated heterocycles. The highest BCUT2D eigenvalue weighted by Gasteiger charge is 2.32. The summed E-state index contributed by atoms with van der Waals surface area (Å²) < 4.78 is 42.8. The molecule has 0 bridgehead atoms. The molecule has 172 valence electrons. The first kappa shape index (κ1) is 21.2. The van der Waals surface area contributed by atoms with E-state index >= 15 is 0 Å². The van der Waals surface area contributed by atoms with Crippen molar-refractivity contribution in [2.75, 3.05) is 0 Å². The molecule has 0 aliphatic heterocycles. The second kappa shape index (κ2) is 8.17. The minimum Gasteiger partial charge on any atom is -0.301 e. The van der Waals surface area contributed by atoms with E-state index in [1.165, 1.54) is 23.6 Å². The zero-order valence-electron chi connectivity index (χ0n) is 17.9. The summed E-state index contributed by atoms with van der Waals surface area (Å²) in [5.74, 6) is 0.568. The highest BCUT2D eigenvalue weighted by atomic mass is 32.1. The summed E-state index contributed by atoms with van der Waals surface area (Å²) in [7, 11) is 0. The van der Waals surface area contributed by atoms with Gasteiger partial charge in [-0.15, -0.1) is 11.3 Å². The number of alkyl halides is 3. The molecule has 6 rings (SSSR count). The van der Waals surface area contributed by atoms with Gasteiger partial charge in [0, 0.05) is 46.8 Å². The van der Waals surface area contributed by atoms with Gasteiger partial charge in [-0.2, -0.15) is 13.2 Å². The first-order chi connectivity index (χ1) is 17.0. The van der Waals surface area contributed by atoms with Crippen LogP contribution < -0.4 is 0 Å². The van der Waals surface area contributed by atoms with Crippen molar-refractivity contribution < 1.29 is 13.2 Å². The maximum atomic E-state index is 13.0. The molecule has 0 amide bonds. The highest BCUT2D eigenvalue weighted by Crippen LogP contribution is 2.31. The van der Waals surface area contributed by atoms with Crippen LogP contribution in [0.4, 0.5) is 13.2 Å². The Morgan fingerprint density at radius 2 is 1.63 bits per heavy atom. The maximum absolute atomic E-state index is 13.0. The molecule has 0 saturated carbocycles. The van der Waals surface area contributed by atoms with Crippen molar-refractivity contribution in [3.8, 4) is 33.5 Å². The van der Waals surface area contributed by atoms with Crippen molar-refractivity contribution in [1.29, 1.82) is 0 Å². The maximum Gasteiger partial charge on any atom is 0.433 e. The molecule has 0 fully saturated rings. The van der Waals surface area contributed by atoms with Crippen molar-refractivity contribution >= 4 is 22.4 Å². The number of benzene rings is 1. The Labute approximate surface area is 201 Å². The van der Waals surface area contributed by atoms with E-state index in [1.54, 1.807) is 23.2 Å². The third-order valence-electron chi connectivity index (χ3n) is 5.53. The van der Waals surface area contributed by atoms with Gasteiger partial charge < -0.3 is 4.57 Å². The van der Waals surface area contributed by atoms with Crippen LogP contribution in [0.25, 0.3) is 44.5 Å². The van der Waals surface area contributed by atoms with Gasteiger partial charge in [0.05, 0.1) is 11.9 Å². The lowest BCUT2D eigenvalue weighted by molar-refractivity contribution is -0.141. The number of rotatable bonds is 4. The minimum atomic E-state index is -4.50. The average Bonchev–Trinajstić information content (AvgIpc) is 3.63. The molecule has 0 N–H and O–H groups in total. The quantitative estimate of drug-likeness (QED) is 0.288. The number of fused-ring (bicyclic) bond motifs is 1. The Morgan fingerprint density at radius 3 is 2.34 bits per heavy atom. The molecule has 6 nitrogen and oxygen atoms in total. The van der Waals surface area contributed by atoms with Crippen LogP contribution in [0, 0.1) is 0 Å². The van der Waals surface area contributed by atoms with Gasteiger partial charge in [0.25, 0.3) is 0 Å². The van der Waals surface area contributed by atoms with Crippen LogP contribution >= 0.6 is 11.3 Å². The number of aromatic nitrogens is 6. The minimum absolute atomic E-state index is 0.466. The van der Waals surface area contributed by atoms with Gasteiger partial charge in [-0.25, -0.2) is 19.9 Å². The molecule has 0 atom stereocenters. The number of pyridine rings is 2. The Kier molecular flexibility index (Phi) is 4.96. The molecule has 0 unspecified atom stereocenters. The monoisotopic (exact) mass is 488 g/mol. The molecule has 0 radical (unpaired) electrons. The second-order valence-electron chi connectivity index (χ2n) is 7.71. The van der Waals surface area contributed by atoms with E-state index in [2.05, 4.69) is 15.0 Å². The topological polar surface area (TPSA) is 61.4 Å². The zero-order valence-corrected chi connectivity index (χ0v) is 18.7. The lowest BCUT2D eigenvalue weighted by atomic mass is 10.2. The van der Waals surface area contributed by atoms with Gasteiger partial charge in [-0.3, -0.25) is 4.57 Å². The van der Waals surface area contributed by atoms with Crippen molar-refractivity contribution in [3.05, 3.63) is 96.7 Å². The van der Waals surface area contributed by atoms with Crippen LogP contribution in [0.5, 0.6) is 0 Å². The van der Waals surface area contributed by atoms with Crippen LogP contribution in [0.3, 0.4) is 0 Å². The molecule has 0 aliphatic rings. The smallest absolute Gasteiger partial charge is 0.301 e. The molecule has 10 heteroatoms. The molecule has 5 aromatic heterocycles. The predicted octanol–water partition coefficient (Wildman–Crippen LogP) is 6.42. The zero-order chi connectivity index (χ0) is 24.0. The number of hydrogen-bond acceptors (Lipinski definition) is 5. The van der Waals surface area contributed by atoms with Gasteiger partial charge in [0.1, 0.15) is 27.9 Å². The summed E-state index contributed by atoms with van der Waals surface area (Å²) in [6, 6.07) is 16.0. The summed E-state index contributed by atoms with van der Waals surface area (Å²) >= 11 is 1.43. The molecular weight excluding hydrogens is 473 g/mol. The number of thiazole rings is 1. The lowest BCUT2D eigenvalue weighted by Gasteiger charge is -2.11. The summed E-state index contributed by atoms with van der Waals surface area (Å²) in [5, 5.41) is 3.60. The number of hydrogen-bond donors (Lipinski definition) is 0. The van der Waals surface area contributed by atoms with Crippen LogP contribution in [0.1, 0.15) is 5.69 Å². The van der Waals surface area contributed by atoms with Gasteiger partial charge in [-0.1, -0.05) is 0 Å². The van der Waals surface area contributed by atoms with Crippen molar-refractivity contribution in [2.45, 2.75) is 6.18 Å². The fourth-order valence-corrected chi connectivity index (χ4v) is 4.47. The Balaban J connectivity index is 1.43. The summed E-state index contributed by atoms with van der Waals surface area (Å²) in [6.07, 6.45) is 3.85. The fourth-order valence-electron chi connectivity index (χ4n) is 3.88. The summed E-state index contributed by atoms with van der Waals surface area (Å²) in [4.78, 5) is 17.1. The lowest BCUT2D eigenvalue weighted by Crippen LogP contribution is -2.08. The highest BCUT2D eigenvalue weighted by molar-refractivity contribution is 7.13. The van der Waals surface area contributed by atoms with Crippen LogP contribution in [-0.4, -0.2) is 29.1 Å². The molecular formula is C25H15F3N6S. The molecule has 35 heavy (non-hydrogen) atoms.